The minimum atomic E-state index is -0.576. The van der Waals surface area contributed by atoms with Gasteiger partial charge in [0.25, 0.3) is 0 Å². The second-order valence-corrected chi connectivity index (χ2v) is 14.0. The lowest BCUT2D eigenvalue weighted by molar-refractivity contribution is -0.145. The zero-order valence-electron chi connectivity index (χ0n) is 24.1. The molecule has 0 saturated heterocycles. The first kappa shape index (κ1) is 28.3. The summed E-state index contributed by atoms with van der Waals surface area (Å²) in [6.45, 7) is 7.49. The Balaban J connectivity index is 0.00000380. The summed E-state index contributed by atoms with van der Waals surface area (Å²) >= 11 is 1.42. The number of nitrogens with one attached hydrogen (secondary N) is 1. The third kappa shape index (κ3) is 5.37. The molecule has 36 heavy (non-hydrogen) atoms. The van der Waals surface area contributed by atoms with Gasteiger partial charge in [0.2, 0.25) is 5.91 Å². The number of aliphatic hydroxyl groups is 1. The summed E-state index contributed by atoms with van der Waals surface area (Å²) in [5.74, 6) is 4.67. The molecule has 206 valence electrons. The summed E-state index contributed by atoms with van der Waals surface area (Å²) in [4.78, 5) is 24.8. The number of hydrogen-bond acceptors (Lipinski definition) is 5. The van der Waals surface area contributed by atoms with E-state index in [0.29, 0.717) is 47.2 Å². The topological polar surface area (TPSA) is 75.6 Å². The molecule has 5 nitrogen and oxygen atoms in total. The first-order valence-corrected chi connectivity index (χ1v) is 15.7. The van der Waals surface area contributed by atoms with Crippen LogP contribution >= 0.6 is 11.8 Å². The largest absolute Gasteiger partial charge is 1.00 e. The molecule has 4 fully saturated rings. The van der Waals surface area contributed by atoms with Crippen molar-refractivity contribution in [3.05, 3.63) is 6.26 Å². The molecular formula is C30H51NO4S. The van der Waals surface area contributed by atoms with Crippen LogP contribution in [0, 0.1) is 52.6 Å². The van der Waals surface area contributed by atoms with E-state index in [1.165, 1.54) is 63.8 Å². The highest BCUT2D eigenvalue weighted by atomic mass is 32.2. The lowest BCUT2D eigenvalue weighted by Gasteiger charge is -2.61. The lowest BCUT2D eigenvalue weighted by atomic mass is 9.44. The van der Waals surface area contributed by atoms with Crippen LogP contribution in [-0.2, 0) is 14.3 Å². The zero-order chi connectivity index (χ0) is 26.1. The van der Waals surface area contributed by atoms with E-state index in [9.17, 15) is 14.7 Å². The van der Waals surface area contributed by atoms with Crippen LogP contribution in [0.1, 0.15) is 99.2 Å². The van der Waals surface area contributed by atoms with Crippen molar-refractivity contribution in [3.8, 4) is 0 Å². The van der Waals surface area contributed by atoms with Crippen molar-refractivity contribution in [2.75, 3.05) is 12.9 Å². The fourth-order valence-electron chi connectivity index (χ4n) is 9.63. The van der Waals surface area contributed by atoms with Crippen molar-refractivity contribution in [2.45, 2.75) is 110 Å². The fourth-order valence-corrected chi connectivity index (χ4v) is 10.0. The molecule has 4 saturated carbocycles. The van der Waals surface area contributed by atoms with E-state index in [4.69, 9.17) is 4.74 Å². The molecule has 0 radical (unpaired) electrons. The average molecular weight is 522 g/mol. The minimum absolute atomic E-state index is 0. The van der Waals surface area contributed by atoms with Crippen molar-refractivity contribution in [1.29, 1.82) is 0 Å². The van der Waals surface area contributed by atoms with Gasteiger partial charge in [0.05, 0.1) is 13.2 Å². The number of amides is 1. The second kappa shape index (κ2) is 11.6. The highest BCUT2D eigenvalue weighted by molar-refractivity contribution is 8.00. The molecule has 4 aliphatic rings. The highest BCUT2D eigenvalue weighted by Gasteiger charge is 2.60. The van der Waals surface area contributed by atoms with Gasteiger partial charge in [-0.25, -0.2) is 4.79 Å². The van der Waals surface area contributed by atoms with Crippen LogP contribution in [0.15, 0.2) is 0 Å². The molecule has 0 spiro atoms. The summed E-state index contributed by atoms with van der Waals surface area (Å²) in [5, 5.41) is 13.2. The monoisotopic (exact) mass is 521 g/mol. The van der Waals surface area contributed by atoms with Gasteiger partial charge in [-0.2, -0.15) is 0 Å². The van der Waals surface area contributed by atoms with Gasteiger partial charge in [-0.1, -0.05) is 20.8 Å². The number of hydrogen-bond donors (Lipinski definition) is 2. The molecule has 0 aliphatic heterocycles. The van der Waals surface area contributed by atoms with Crippen molar-refractivity contribution in [3.63, 3.8) is 0 Å². The van der Waals surface area contributed by atoms with E-state index in [2.05, 4.69) is 32.3 Å². The quantitative estimate of drug-likeness (QED) is 0.283. The normalized spacial score (nSPS) is 41.4. The molecule has 0 aromatic rings. The molecule has 4 rings (SSSR count). The molecule has 0 aromatic heterocycles. The molecule has 0 unspecified atom stereocenters. The van der Waals surface area contributed by atoms with Crippen LogP contribution in [-0.4, -0.2) is 42.0 Å². The van der Waals surface area contributed by atoms with E-state index >= 15 is 0 Å². The molecule has 1 amide bonds. The molecule has 10 atom stereocenters. The number of thioether (sulfide) groups is 1. The SMILES string of the molecule is [CH2-]SCC[C@H](NC(=O)CC[C@@H](C)[C@H]1CC[C@H]2[C@@H]3CC[C@@H]4C[C@H](O)CC[C@]4(C)[C@H]3CC[C@]12C)C(=O)OC.[H+]. The van der Waals surface area contributed by atoms with Crippen LogP contribution < -0.4 is 5.32 Å². The third-order valence-electron chi connectivity index (χ3n) is 11.6. The summed E-state index contributed by atoms with van der Waals surface area (Å²) in [5.41, 5.74) is 0.808. The number of carbonyl (C=O) groups is 2. The van der Waals surface area contributed by atoms with Gasteiger partial charge >= 0.3 is 7.40 Å². The number of fused-ring (bicyclic) bond motifs is 5. The Hall–Kier alpha value is -0.750. The van der Waals surface area contributed by atoms with E-state index in [1.807, 2.05) is 0 Å². The van der Waals surface area contributed by atoms with Gasteiger partial charge in [-0.3, -0.25) is 11.1 Å². The Kier molecular flexibility index (Phi) is 9.07. The Bertz CT molecular complexity index is 798. The third-order valence-corrected chi connectivity index (χ3v) is 12.1. The minimum Gasteiger partial charge on any atom is -0.467 e. The smallest absolute Gasteiger partial charge is 0.467 e. The second-order valence-electron chi connectivity index (χ2n) is 13.2. The Morgan fingerprint density at radius 1 is 1.08 bits per heavy atom. The number of carbonyl (C=O) groups excluding carboxylic acids is 2. The van der Waals surface area contributed by atoms with Gasteiger partial charge in [-0.05, 0) is 123 Å². The summed E-state index contributed by atoms with van der Waals surface area (Å²) < 4.78 is 4.88. The lowest BCUT2D eigenvalue weighted by Crippen LogP contribution is -2.54. The maximum Gasteiger partial charge on any atom is 1.00 e. The molecule has 2 N–H and O–H groups in total. The summed E-state index contributed by atoms with van der Waals surface area (Å²) in [6, 6.07) is -0.576. The first-order valence-electron chi connectivity index (χ1n) is 14.6. The predicted molar refractivity (Wildman–Crippen MR) is 147 cm³/mol. The maximum atomic E-state index is 12.7. The molecule has 0 heterocycles. The number of aliphatic hydroxyl groups excluding tert-OH is 1. The van der Waals surface area contributed by atoms with Gasteiger partial charge < -0.3 is 26.9 Å². The van der Waals surface area contributed by atoms with Crippen LogP contribution in [0.3, 0.4) is 0 Å². The van der Waals surface area contributed by atoms with Crippen molar-refractivity contribution in [1.82, 2.24) is 5.32 Å². The van der Waals surface area contributed by atoms with Gasteiger partial charge in [0.1, 0.15) is 6.04 Å². The Morgan fingerprint density at radius 3 is 2.53 bits per heavy atom. The molecule has 4 aliphatic carbocycles. The van der Waals surface area contributed by atoms with E-state index in [-0.39, 0.29) is 19.4 Å². The van der Waals surface area contributed by atoms with Crippen LogP contribution in [0.4, 0.5) is 0 Å². The van der Waals surface area contributed by atoms with Crippen molar-refractivity contribution < 1.29 is 20.9 Å². The Morgan fingerprint density at radius 2 is 1.81 bits per heavy atom. The number of esters is 1. The van der Waals surface area contributed by atoms with Gasteiger partial charge in [0, 0.05) is 6.42 Å². The van der Waals surface area contributed by atoms with Crippen LogP contribution in [0.2, 0.25) is 0 Å². The first-order chi connectivity index (χ1) is 17.1. The fraction of sp³-hybridized carbons (Fsp3) is 0.900. The number of ether oxygens (including phenoxy) is 1. The van der Waals surface area contributed by atoms with Crippen molar-refractivity contribution in [2.24, 2.45) is 46.3 Å². The summed E-state index contributed by atoms with van der Waals surface area (Å²) in [7, 11) is 1.37. The Labute approximate surface area is 225 Å². The van der Waals surface area contributed by atoms with E-state index in [0.717, 1.165) is 37.0 Å². The molecule has 6 heteroatoms. The summed E-state index contributed by atoms with van der Waals surface area (Å²) in [6.07, 6.45) is 16.7. The molecule has 0 bridgehead atoms. The van der Waals surface area contributed by atoms with E-state index in [1.54, 1.807) is 0 Å². The number of methoxy groups -OCH3 is 1. The van der Waals surface area contributed by atoms with Crippen LogP contribution in [0.5, 0.6) is 0 Å². The van der Waals surface area contributed by atoms with Crippen molar-refractivity contribution >= 4 is 23.6 Å². The zero-order valence-corrected chi connectivity index (χ0v) is 23.9. The van der Waals surface area contributed by atoms with E-state index < -0.39 is 6.04 Å². The average Bonchev–Trinajstić information content (AvgIpc) is 3.22. The van der Waals surface area contributed by atoms with Crippen LogP contribution in [0.25, 0.3) is 0 Å². The molecule has 0 aromatic carbocycles. The molecular weight excluding hydrogens is 470 g/mol. The van der Waals surface area contributed by atoms with Gasteiger partial charge in [-0.15, -0.1) is 0 Å². The predicted octanol–water partition coefficient (Wildman–Crippen LogP) is 6.11. The maximum absolute atomic E-state index is 12.7. The van der Waals surface area contributed by atoms with Gasteiger partial charge in [0.15, 0.2) is 0 Å². The standard InChI is InChI=1S/C30H50NO4S/c1-19(6-11-27(33)31-26(14-17-36-5)28(34)35-4)23-9-10-24-22-8-7-20-18-21(32)12-15-29(20,2)25(22)13-16-30(23,24)3/h19-26,32H,5-18H2,1-4H3,(H,31,33)/q-1/p+1/t19-,20-,21-,22+,23-,24+,25+,26+,29+,30-/m1/s1. The highest BCUT2D eigenvalue weighted by Crippen LogP contribution is 2.68. The number of rotatable bonds is 9.